The van der Waals surface area contributed by atoms with E-state index >= 15 is 0 Å². The van der Waals surface area contributed by atoms with Crippen molar-refractivity contribution in [2.24, 2.45) is 7.05 Å². The van der Waals surface area contributed by atoms with Gasteiger partial charge >= 0.3 is 10.1 Å². The zero-order chi connectivity index (χ0) is 11.9. The molecular weight excluding hydrogens is 246 g/mol. The normalized spacial score (nSPS) is 12.7. The lowest BCUT2D eigenvalue weighted by Gasteiger charge is -2.05. The molecule has 0 fully saturated rings. The molecule has 1 heterocycles. The maximum atomic E-state index is 10.7. The zero-order valence-corrected chi connectivity index (χ0v) is 9.12. The van der Waals surface area contributed by atoms with Gasteiger partial charge in [0.15, 0.2) is 17.3 Å². The van der Waals surface area contributed by atoms with Gasteiger partial charge in [-0.3, -0.25) is 4.55 Å². The molecule has 0 unspecified atom stereocenters. The summed E-state index contributed by atoms with van der Waals surface area (Å²) in [6.45, 7) is 0. The Balaban J connectivity index is 3.57. The predicted molar refractivity (Wildman–Crippen MR) is 45.4 cm³/mol. The molecule has 0 spiro atoms. The third-order valence-electron chi connectivity index (χ3n) is 1.53. The van der Waals surface area contributed by atoms with Crippen molar-refractivity contribution in [1.29, 1.82) is 0 Å². The van der Waals surface area contributed by atoms with Crippen molar-refractivity contribution in [2.45, 2.75) is 9.79 Å². The fraction of sp³-hybridized carbons (Fsp3) is 0.167. The van der Waals surface area contributed by atoms with Crippen molar-refractivity contribution in [3.63, 3.8) is 0 Å². The van der Waals surface area contributed by atoms with Crippen LogP contribution in [0.2, 0.25) is 0 Å². The topological polar surface area (TPSA) is 115 Å². The molecule has 0 aliphatic carbocycles. The number of pyridine rings is 1. The van der Waals surface area contributed by atoms with Crippen molar-refractivity contribution < 1.29 is 30.5 Å². The van der Waals surface area contributed by atoms with E-state index in [1.807, 2.05) is 0 Å². The molecule has 1 N–H and O–H groups in total. The molecule has 0 atom stereocenters. The van der Waals surface area contributed by atoms with Crippen LogP contribution in [-0.2, 0) is 27.3 Å². The van der Waals surface area contributed by atoms with E-state index < -0.39 is 30.0 Å². The van der Waals surface area contributed by atoms with E-state index in [0.717, 1.165) is 17.0 Å². The summed E-state index contributed by atoms with van der Waals surface area (Å²) >= 11 is 0. The quantitative estimate of drug-likeness (QED) is 0.515. The Labute approximate surface area is 86.5 Å². The average molecular weight is 253 g/mol. The lowest BCUT2D eigenvalue weighted by atomic mass is 10.5. The highest BCUT2D eigenvalue weighted by Gasteiger charge is 2.17. The number of hydrogen-bond acceptors (Lipinski definition) is 5. The lowest BCUT2D eigenvalue weighted by Crippen LogP contribution is -2.29. The van der Waals surface area contributed by atoms with Crippen LogP contribution in [0, 0.1) is 0 Å². The first-order valence-electron chi connectivity index (χ1n) is 3.54. The third kappa shape index (κ3) is 2.96. The highest BCUT2D eigenvalue weighted by atomic mass is 32.2. The molecule has 0 aromatic carbocycles. The Kier molecular flexibility index (Phi) is 2.83. The third-order valence-corrected chi connectivity index (χ3v) is 3.15. The summed E-state index contributed by atoms with van der Waals surface area (Å²) in [5, 5.41) is 0. The molecule has 84 valence electrons. The second-order valence-corrected chi connectivity index (χ2v) is 5.60. The maximum absolute atomic E-state index is 10.7. The molecule has 0 amide bonds. The highest BCUT2D eigenvalue weighted by Crippen LogP contribution is 2.11. The van der Waals surface area contributed by atoms with E-state index in [4.69, 9.17) is 4.55 Å². The lowest BCUT2D eigenvalue weighted by molar-refractivity contribution is -0.675. The van der Waals surface area contributed by atoms with Gasteiger partial charge in [-0.1, -0.05) is 0 Å². The summed E-state index contributed by atoms with van der Waals surface area (Å²) in [6, 6.07) is 0.595. The molecule has 0 radical (unpaired) electrons. The van der Waals surface area contributed by atoms with Gasteiger partial charge in [-0.2, -0.15) is 8.42 Å². The minimum atomic E-state index is -4.75. The first-order valence-corrected chi connectivity index (χ1v) is 6.39. The van der Waals surface area contributed by atoms with Gasteiger partial charge in [0.1, 0.15) is 22.1 Å². The molecule has 1 aromatic rings. The maximum Gasteiger partial charge on any atom is 0.300 e. The van der Waals surface area contributed by atoms with Crippen LogP contribution in [-0.4, -0.2) is 25.9 Å². The fourth-order valence-corrected chi connectivity index (χ4v) is 2.15. The van der Waals surface area contributed by atoms with Crippen LogP contribution < -0.4 is 4.57 Å². The Morgan fingerprint density at radius 3 is 2.07 bits per heavy atom. The summed E-state index contributed by atoms with van der Waals surface area (Å²) in [4.78, 5) is -1.37. The molecule has 1 aromatic heterocycles. The van der Waals surface area contributed by atoms with E-state index in [0.29, 0.717) is 6.07 Å². The van der Waals surface area contributed by atoms with Crippen molar-refractivity contribution in [1.82, 2.24) is 0 Å². The van der Waals surface area contributed by atoms with Crippen molar-refractivity contribution in [3.8, 4) is 0 Å². The van der Waals surface area contributed by atoms with Gasteiger partial charge < -0.3 is 4.55 Å². The number of aromatic nitrogens is 1. The van der Waals surface area contributed by atoms with Gasteiger partial charge in [0.25, 0.3) is 0 Å². The summed E-state index contributed by atoms with van der Waals surface area (Å²) in [5.74, 6) is 0. The number of rotatable bonds is 2. The van der Waals surface area contributed by atoms with Crippen LogP contribution in [0.1, 0.15) is 0 Å². The number of aryl methyl sites for hydroxylation is 1. The Morgan fingerprint density at radius 1 is 1.20 bits per heavy atom. The Morgan fingerprint density at radius 2 is 1.67 bits per heavy atom. The summed E-state index contributed by atoms with van der Waals surface area (Å²) in [6.07, 6.45) is 1.92. The van der Waals surface area contributed by atoms with Crippen molar-refractivity contribution in [2.75, 3.05) is 0 Å². The van der Waals surface area contributed by atoms with Gasteiger partial charge in [-0.15, -0.1) is 0 Å². The minimum Gasteiger partial charge on any atom is -0.744 e. The van der Waals surface area contributed by atoms with E-state index in [-0.39, 0.29) is 0 Å². The molecule has 9 heteroatoms. The predicted octanol–water partition coefficient (Wildman–Crippen LogP) is -1.34. The molecule has 1 rings (SSSR count). The van der Waals surface area contributed by atoms with Gasteiger partial charge in [-0.25, -0.2) is 13.0 Å². The molecule has 15 heavy (non-hydrogen) atoms. The van der Waals surface area contributed by atoms with Gasteiger partial charge in [-0.05, 0) is 6.07 Å². The number of nitrogens with zero attached hydrogens (tertiary/aromatic N) is 1. The molecule has 0 saturated carbocycles. The second-order valence-electron chi connectivity index (χ2n) is 2.80. The SMILES string of the molecule is C[n+]1cc(S(=O)(=O)[O-])cc(S(=O)(=O)O)c1. The highest BCUT2D eigenvalue weighted by molar-refractivity contribution is 7.86. The molecule has 0 aliphatic rings. The summed E-state index contributed by atoms with van der Waals surface area (Å²) in [7, 11) is -7.96. The summed E-state index contributed by atoms with van der Waals surface area (Å²) < 4.78 is 63.0. The van der Waals surface area contributed by atoms with Gasteiger partial charge in [0, 0.05) is 0 Å². The smallest absolute Gasteiger partial charge is 0.300 e. The molecule has 0 bridgehead atoms. The average Bonchev–Trinajstić information content (AvgIpc) is 1.99. The van der Waals surface area contributed by atoms with Crippen LogP contribution >= 0.6 is 0 Å². The van der Waals surface area contributed by atoms with Crippen LogP contribution in [0.5, 0.6) is 0 Å². The van der Waals surface area contributed by atoms with E-state index in [2.05, 4.69) is 0 Å². The molecule has 7 nitrogen and oxygen atoms in total. The second kappa shape index (κ2) is 3.52. The first kappa shape index (κ1) is 12.0. The van der Waals surface area contributed by atoms with E-state index in [9.17, 15) is 21.4 Å². The van der Waals surface area contributed by atoms with Crippen molar-refractivity contribution in [3.05, 3.63) is 18.5 Å². The first-order chi connectivity index (χ1) is 6.60. The Bertz CT molecular complexity index is 538. The zero-order valence-electron chi connectivity index (χ0n) is 7.48. The standard InChI is InChI=1S/C6H7NO6S2/c1-7-3-5(14(8,9)10)2-6(4-7)15(11,12)13/h2-4H,1H3,(H-,8,9,10,11,12,13). The largest absolute Gasteiger partial charge is 0.744 e. The van der Waals surface area contributed by atoms with Crippen LogP contribution in [0.25, 0.3) is 0 Å². The number of hydrogen-bond donors (Lipinski definition) is 1. The minimum absolute atomic E-state index is 0.595. The van der Waals surface area contributed by atoms with Gasteiger partial charge in [0.05, 0.1) is 0 Å². The van der Waals surface area contributed by atoms with Crippen molar-refractivity contribution >= 4 is 20.2 Å². The monoisotopic (exact) mass is 253 g/mol. The fourth-order valence-electron chi connectivity index (χ4n) is 0.931. The Hall–Kier alpha value is -1.03. The van der Waals surface area contributed by atoms with E-state index in [1.165, 1.54) is 7.05 Å². The molecule has 0 aliphatic heterocycles. The van der Waals surface area contributed by atoms with E-state index in [1.54, 1.807) is 0 Å². The molecule has 0 saturated heterocycles. The van der Waals surface area contributed by atoms with Crippen LogP contribution in [0.4, 0.5) is 0 Å². The van der Waals surface area contributed by atoms with Crippen LogP contribution in [0.3, 0.4) is 0 Å². The van der Waals surface area contributed by atoms with Gasteiger partial charge in [0.2, 0.25) is 0 Å². The summed E-state index contributed by atoms with van der Waals surface area (Å²) in [5.41, 5.74) is 0. The molecular formula is C6H7NO6S2. The van der Waals surface area contributed by atoms with Crippen LogP contribution in [0.15, 0.2) is 28.3 Å².